The first-order chi connectivity index (χ1) is 7.69. The monoisotopic (exact) mass is 223 g/mol. The van der Waals surface area contributed by atoms with Crippen LogP contribution in [0.15, 0.2) is 12.3 Å². The fourth-order valence-electron chi connectivity index (χ4n) is 2.13. The first-order valence-corrected chi connectivity index (χ1v) is 5.04. The van der Waals surface area contributed by atoms with Crippen LogP contribution in [0.2, 0.25) is 0 Å². The van der Waals surface area contributed by atoms with Crippen molar-refractivity contribution in [3.63, 3.8) is 0 Å². The summed E-state index contributed by atoms with van der Waals surface area (Å²) in [7, 11) is 2.68. The van der Waals surface area contributed by atoms with Crippen LogP contribution in [0, 0.1) is 0 Å². The van der Waals surface area contributed by atoms with Gasteiger partial charge in [0.15, 0.2) is 0 Å². The molecule has 16 heavy (non-hydrogen) atoms. The zero-order chi connectivity index (χ0) is 11.7. The summed E-state index contributed by atoms with van der Waals surface area (Å²) in [5, 5.41) is 0. The van der Waals surface area contributed by atoms with Crippen LogP contribution < -0.4 is 0 Å². The zero-order valence-electron chi connectivity index (χ0n) is 9.23. The number of fused-ring (bicyclic) bond motifs is 1. The molecular weight excluding hydrogens is 210 g/mol. The molecule has 5 heteroatoms. The maximum atomic E-state index is 11.6. The number of carbonyl (C=O) groups is 2. The molecule has 0 spiro atoms. The Bertz CT molecular complexity index is 435. The van der Waals surface area contributed by atoms with Crippen LogP contribution >= 0.6 is 0 Å². The van der Waals surface area contributed by atoms with E-state index in [1.807, 2.05) is 4.57 Å². The molecule has 0 radical (unpaired) electrons. The van der Waals surface area contributed by atoms with Gasteiger partial charge < -0.3 is 14.0 Å². The molecular formula is C11H13NO4. The summed E-state index contributed by atoms with van der Waals surface area (Å²) in [5.41, 5.74) is 1.16. The van der Waals surface area contributed by atoms with Gasteiger partial charge in [-0.05, 0) is 12.5 Å². The normalized spacial score (nSPS) is 18.0. The first kappa shape index (κ1) is 10.7. The standard InChI is InChI=1S/C11H13NO4/c1-15-10(13)7-3-5-12-6-4-8(9(7)12)11(14)16-2/h3,5,8H,4,6H2,1-2H3/t8-/m0/s1. The minimum atomic E-state index is -0.412. The molecule has 0 bridgehead atoms. The molecule has 0 saturated carbocycles. The lowest BCUT2D eigenvalue weighted by atomic mass is 10.0. The van der Waals surface area contributed by atoms with E-state index in [4.69, 9.17) is 4.74 Å². The van der Waals surface area contributed by atoms with Crippen molar-refractivity contribution in [1.29, 1.82) is 0 Å². The summed E-state index contributed by atoms with van der Waals surface area (Å²) < 4.78 is 11.3. The second-order valence-electron chi connectivity index (χ2n) is 3.66. The quantitative estimate of drug-likeness (QED) is 0.700. The van der Waals surface area contributed by atoms with Gasteiger partial charge >= 0.3 is 11.9 Å². The first-order valence-electron chi connectivity index (χ1n) is 5.04. The number of carbonyl (C=O) groups excluding carboxylic acids is 2. The third-order valence-corrected chi connectivity index (χ3v) is 2.89. The number of hydrogen-bond donors (Lipinski definition) is 0. The lowest BCUT2D eigenvalue weighted by Gasteiger charge is -2.08. The molecule has 2 heterocycles. The summed E-state index contributed by atoms with van der Waals surface area (Å²) in [4.78, 5) is 23.1. The number of rotatable bonds is 2. The van der Waals surface area contributed by atoms with Crippen LogP contribution in [0.4, 0.5) is 0 Å². The average molecular weight is 223 g/mol. The maximum absolute atomic E-state index is 11.6. The summed E-state index contributed by atoms with van der Waals surface area (Å²) in [6.45, 7) is 0.728. The Balaban J connectivity index is 2.40. The maximum Gasteiger partial charge on any atom is 0.339 e. The van der Waals surface area contributed by atoms with E-state index in [0.29, 0.717) is 17.7 Å². The summed E-state index contributed by atoms with van der Waals surface area (Å²) >= 11 is 0. The molecule has 0 amide bonds. The molecule has 2 rings (SSSR count). The Labute approximate surface area is 92.9 Å². The van der Waals surface area contributed by atoms with Gasteiger partial charge in [-0.15, -0.1) is 0 Å². The van der Waals surface area contributed by atoms with Crippen molar-refractivity contribution in [2.75, 3.05) is 14.2 Å². The highest BCUT2D eigenvalue weighted by molar-refractivity contribution is 5.93. The predicted octanol–water partition coefficient (Wildman–Crippen LogP) is 0.935. The molecule has 1 aromatic rings. The van der Waals surface area contributed by atoms with Crippen molar-refractivity contribution in [2.24, 2.45) is 0 Å². The number of methoxy groups -OCH3 is 2. The van der Waals surface area contributed by atoms with Crippen LogP contribution in [-0.2, 0) is 20.8 Å². The summed E-state index contributed by atoms with van der Waals surface area (Å²) in [6, 6.07) is 1.68. The number of aryl methyl sites for hydroxylation is 1. The molecule has 0 fully saturated rings. The lowest BCUT2D eigenvalue weighted by molar-refractivity contribution is -0.142. The Morgan fingerprint density at radius 3 is 2.75 bits per heavy atom. The number of aromatic nitrogens is 1. The van der Waals surface area contributed by atoms with Crippen molar-refractivity contribution in [2.45, 2.75) is 18.9 Å². The third kappa shape index (κ3) is 1.48. The van der Waals surface area contributed by atoms with Gasteiger partial charge in [0.25, 0.3) is 0 Å². The van der Waals surface area contributed by atoms with E-state index in [1.165, 1.54) is 14.2 Å². The van der Waals surface area contributed by atoms with E-state index < -0.39 is 5.97 Å². The van der Waals surface area contributed by atoms with Crippen LogP contribution in [0.25, 0.3) is 0 Å². The minimum absolute atomic E-state index is 0.303. The predicted molar refractivity (Wildman–Crippen MR) is 55.1 cm³/mol. The fourth-order valence-corrected chi connectivity index (χ4v) is 2.13. The van der Waals surface area contributed by atoms with E-state index in [2.05, 4.69) is 4.74 Å². The van der Waals surface area contributed by atoms with Crippen molar-refractivity contribution in [3.05, 3.63) is 23.5 Å². The molecule has 1 aliphatic rings. The van der Waals surface area contributed by atoms with E-state index in [1.54, 1.807) is 12.3 Å². The second-order valence-corrected chi connectivity index (χ2v) is 3.66. The molecule has 1 atom stereocenters. The number of esters is 2. The van der Waals surface area contributed by atoms with Gasteiger partial charge in [-0.25, -0.2) is 4.79 Å². The Kier molecular flexibility index (Phi) is 2.68. The molecule has 1 aliphatic heterocycles. The van der Waals surface area contributed by atoms with Crippen molar-refractivity contribution in [1.82, 2.24) is 4.57 Å². The largest absolute Gasteiger partial charge is 0.469 e. The highest BCUT2D eigenvalue weighted by Gasteiger charge is 2.34. The summed E-state index contributed by atoms with van der Waals surface area (Å²) in [5.74, 6) is -1.07. The smallest absolute Gasteiger partial charge is 0.339 e. The molecule has 0 unspecified atom stereocenters. The molecule has 5 nitrogen and oxygen atoms in total. The van der Waals surface area contributed by atoms with Crippen LogP contribution in [-0.4, -0.2) is 30.7 Å². The summed E-state index contributed by atoms with van der Waals surface area (Å²) in [6.07, 6.45) is 2.47. The average Bonchev–Trinajstić information content (AvgIpc) is 2.87. The van der Waals surface area contributed by atoms with Crippen LogP contribution in [0.3, 0.4) is 0 Å². The van der Waals surface area contributed by atoms with Gasteiger partial charge in [-0.1, -0.05) is 0 Å². The van der Waals surface area contributed by atoms with E-state index in [0.717, 1.165) is 6.54 Å². The van der Waals surface area contributed by atoms with Crippen LogP contribution in [0.1, 0.15) is 28.4 Å². The number of nitrogens with zero attached hydrogens (tertiary/aromatic N) is 1. The minimum Gasteiger partial charge on any atom is -0.469 e. The van der Waals surface area contributed by atoms with Crippen molar-refractivity contribution in [3.8, 4) is 0 Å². The van der Waals surface area contributed by atoms with Gasteiger partial charge in [0.05, 0.1) is 25.7 Å². The van der Waals surface area contributed by atoms with E-state index in [-0.39, 0.29) is 11.9 Å². The SMILES string of the molecule is COC(=O)c1ccn2c1[C@@H](C(=O)OC)CC2. The van der Waals surface area contributed by atoms with Gasteiger partial charge in [-0.3, -0.25) is 4.79 Å². The molecule has 0 aliphatic carbocycles. The Morgan fingerprint density at radius 1 is 1.38 bits per heavy atom. The highest BCUT2D eigenvalue weighted by atomic mass is 16.5. The highest BCUT2D eigenvalue weighted by Crippen LogP contribution is 2.32. The van der Waals surface area contributed by atoms with Gasteiger partial charge in [0, 0.05) is 18.4 Å². The van der Waals surface area contributed by atoms with Gasteiger partial charge in [-0.2, -0.15) is 0 Å². The van der Waals surface area contributed by atoms with Crippen molar-refractivity contribution < 1.29 is 19.1 Å². The fraction of sp³-hybridized carbons (Fsp3) is 0.455. The zero-order valence-corrected chi connectivity index (χ0v) is 9.23. The Hall–Kier alpha value is -1.78. The second kappa shape index (κ2) is 4.00. The Morgan fingerprint density at radius 2 is 2.12 bits per heavy atom. The molecule has 0 aromatic carbocycles. The molecule has 0 saturated heterocycles. The van der Waals surface area contributed by atoms with Gasteiger partial charge in [0.1, 0.15) is 0 Å². The van der Waals surface area contributed by atoms with Crippen molar-refractivity contribution >= 4 is 11.9 Å². The van der Waals surface area contributed by atoms with Crippen LogP contribution in [0.5, 0.6) is 0 Å². The third-order valence-electron chi connectivity index (χ3n) is 2.89. The lowest BCUT2D eigenvalue weighted by Crippen LogP contribution is -2.15. The number of ether oxygens (including phenoxy) is 2. The molecule has 0 N–H and O–H groups in total. The van der Waals surface area contributed by atoms with E-state index in [9.17, 15) is 9.59 Å². The molecule has 1 aromatic heterocycles. The number of hydrogen-bond acceptors (Lipinski definition) is 4. The van der Waals surface area contributed by atoms with Gasteiger partial charge in [0.2, 0.25) is 0 Å². The molecule has 86 valence electrons. The van der Waals surface area contributed by atoms with E-state index >= 15 is 0 Å². The topological polar surface area (TPSA) is 57.5 Å².